The first-order chi connectivity index (χ1) is 11.9. The van der Waals surface area contributed by atoms with Gasteiger partial charge < -0.3 is 0 Å². The smallest absolute Gasteiger partial charge is 0.268 e. The van der Waals surface area contributed by atoms with Gasteiger partial charge in [0.15, 0.2) is 4.32 Å². The molecule has 2 aromatic rings. The molecule has 2 aromatic carbocycles. The van der Waals surface area contributed by atoms with Crippen LogP contribution in [0.2, 0.25) is 0 Å². The molecular formula is C18H14N2O3S2. The van der Waals surface area contributed by atoms with Gasteiger partial charge in [-0.25, -0.2) is 0 Å². The van der Waals surface area contributed by atoms with E-state index in [1.54, 1.807) is 18.2 Å². The standard InChI is InChI=1S/C18H14N2O3S2/c1-11-7-8-14(12(2)9-11)19-17(21)16(25-18(19)24)10-13-5-3-4-6-15(13)20(22)23/h3-10H,1-2H3/b16-10+. The van der Waals surface area contributed by atoms with Gasteiger partial charge in [-0.2, -0.15) is 0 Å². The third-order valence-corrected chi connectivity index (χ3v) is 5.11. The summed E-state index contributed by atoms with van der Waals surface area (Å²) in [4.78, 5) is 25.4. The van der Waals surface area contributed by atoms with Gasteiger partial charge in [0.05, 0.1) is 21.1 Å². The third-order valence-electron chi connectivity index (χ3n) is 3.81. The van der Waals surface area contributed by atoms with Gasteiger partial charge >= 0.3 is 0 Å². The molecule has 1 saturated heterocycles. The molecule has 126 valence electrons. The van der Waals surface area contributed by atoms with Crippen LogP contribution in [0.1, 0.15) is 16.7 Å². The lowest BCUT2D eigenvalue weighted by atomic mass is 10.1. The van der Waals surface area contributed by atoms with E-state index in [1.807, 2.05) is 32.0 Å². The fraction of sp³-hybridized carbons (Fsp3) is 0.111. The number of rotatable bonds is 3. The molecule has 0 atom stereocenters. The molecule has 0 N–H and O–H groups in total. The molecule has 5 nitrogen and oxygen atoms in total. The number of nitro groups is 1. The maximum atomic E-state index is 12.8. The van der Waals surface area contributed by atoms with Crippen molar-refractivity contribution in [2.45, 2.75) is 13.8 Å². The van der Waals surface area contributed by atoms with E-state index in [0.717, 1.165) is 28.6 Å². The average molecular weight is 370 g/mol. The van der Waals surface area contributed by atoms with Crippen molar-refractivity contribution < 1.29 is 9.72 Å². The molecule has 1 aliphatic heterocycles. The van der Waals surface area contributed by atoms with Crippen LogP contribution in [0.25, 0.3) is 6.08 Å². The summed E-state index contributed by atoms with van der Waals surface area (Å²) in [5.74, 6) is -0.264. The molecule has 25 heavy (non-hydrogen) atoms. The van der Waals surface area contributed by atoms with E-state index >= 15 is 0 Å². The zero-order chi connectivity index (χ0) is 18.1. The summed E-state index contributed by atoms with van der Waals surface area (Å²) in [5.41, 5.74) is 3.12. The Balaban J connectivity index is 2.01. The van der Waals surface area contributed by atoms with Crippen LogP contribution in [-0.2, 0) is 4.79 Å². The third kappa shape index (κ3) is 3.33. The summed E-state index contributed by atoms with van der Waals surface area (Å²) in [5, 5.41) is 11.2. The normalized spacial score (nSPS) is 15.9. The van der Waals surface area contributed by atoms with Crippen molar-refractivity contribution in [3.8, 4) is 0 Å². The lowest BCUT2D eigenvalue weighted by molar-refractivity contribution is -0.385. The maximum Gasteiger partial charge on any atom is 0.276 e. The number of hydrogen-bond acceptors (Lipinski definition) is 5. The van der Waals surface area contributed by atoms with Crippen molar-refractivity contribution in [2.24, 2.45) is 0 Å². The Labute approximate surface area is 154 Å². The van der Waals surface area contributed by atoms with Crippen molar-refractivity contribution in [3.63, 3.8) is 0 Å². The minimum absolute atomic E-state index is 0.0423. The number of hydrogen-bond donors (Lipinski definition) is 0. The van der Waals surface area contributed by atoms with Crippen LogP contribution in [0.3, 0.4) is 0 Å². The van der Waals surface area contributed by atoms with E-state index in [9.17, 15) is 14.9 Å². The number of benzene rings is 2. The van der Waals surface area contributed by atoms with Gasteiger partial charge in [-0.15, -0.1) is 0 Å². The van der Waals surface area contributed by atoms with Crippen molar-refractivity contribution in [3.05, 3.63) is 74.2 Å². The molecule has 0 aliphatic carbocycles. The molecular weight excluding hydrogens is 356 g/mol. The fourth-order valence-electron chi connectivity index (χ4n) is 2.65. The summed E-state index contributed by atoms with van der Waals surface area (Å²) in [7, 11) is 0. The lowest BCUT2D eigenvalue weighted by Gasteiger charge is -2.17. The SMILES string of the molecule is Cc1ccc(N2C(=O)/C(=C\c3ccccc3[N+](=O)[O-])SC2=S)c(C)c1. The molecule has 3 rings (SSSR count). The Hall–Kier alpha value is -2.51. The van der Waals surface area contributed by atoms with Crippen molar-refractivity contribution in [1.82, 2.24) is 0 Å². The highest BCUT2D eigenvalue weighted by Gasteiger charge is 2.34. The number of nitrogens with zero attached hydrogens (tertiary/aromatic N) is 2. The number of para-hydroxylation sites is 1. The second-order valence-corrected chi connectivity index (χ2v) is 7.30. The van der Waals surface area contributed by atoms with E-state index in [-0.39, 0.29) is 11.6 Å². The van der Waals surface area contributed by atoms with Crippen LogP contribution in [0.5, 0.6) is 0 Å². The first-order valence-electron chi connectivity index (χ1n) is 7.47. The lowest BCUT2D eigenvalue weighted by Crippen LogP contribution is -2.28. The summed E-state index contributed by atoms with van der Waals surface area (Å²) in [6.07, 6.45) is 1.53. The number of thiocarbonyl (C=S) groups is 1. The second-order valence-electron chi connectivity index (χ2n) is 5.62. The number of nitro benzene ring substituents is 1. The zero-order valence-electron chi connectivity index (χ0n) is 13.6. The Morgan fingerprint density at radius 2 is 1.92 bits per heavy atom. The van der Waals surface area contributed by atoms with Gasteiger partial charge in [0.1, 0.15) is 0 Å². The molecule has 7 heteroatoms. The van der Waals surface area contributed by atoms with Gasteiger partial charge in [0, 0.05) is 6.07 Å². The van der Waals surface area contributed by atoms with E-state index < -0.39 is 4.92 Å². The largest absolute Gasteiger partial charge is 0.276 e. The van der Waals surface area contributed by atoms with Crippen molar-refractivity contribution in [2.75, 3.05) is 4.90 Å². The van der Waals surface area contributed by atoms with Gasteiger partial charge in [-0.3, -0.25) is 19.8 Å². The van der Waals surface area contributed by atoms with Crippen LogP contribution in [0.15, 0.2) is 47.4 Å². The minimum Gasteiger partial charge on any atom is -0.268 e. The first kappa shape index (κ1) is 17.3. The Morgan fingerprint density at radius 3 is 2.60 bits per heavy atom. The number of anilines is 1. The van der Waals surface area contributed by atoms with E-state index in [2.05, 4.69) is 0 Å². The molecule has 0 spiro atoms. The molecule has 1 aliphatic rings. The summed E-state index contributed by atoms with van der Waals surface area (Å²) in [6.45, 7) is 3.90. The number of thioether (sulfide) groups is 1. The predicted octanol–water partition coefficient (Wildman–Crippen LogP) is 4.62. The molecule has 0 unspecified atom stereocenters. The van der Waals surface area contributed by atoms with Crippen molar-refractivity contribution >= 4 is 51.7 Å². The van der Waals surface area contributed by atoms with Crippen LogP contribution >= 0.6 is 24.0 Å². The van der Waals surface area contributed by atoms with Gasteiger partial charge in [-0.1, -0.05) is 53.8 Å². The molecule has 0 radical (unpaired) electrons. The number of carbonyl (C=O) groups excluding carboxylic acids is 1. The molecule has 1 fully saturated rings. The van der Waals surface area contributed by atoms with Crippen LogP contribution < -0.4 is 4.90 Å². The maximum absolute atomic E-state index is 12.8. The van der Waals surface area contributed by atoms with Crippen LogP contribution in [-0.4, -0.2) is 15.2 Å². The summed E-state index contributed by atoms with van der Waals surface area (Å²) >= 11 is 6.51. The van der Waals surface area contributed by atoms with E-state index in [4.69, 9.17) is 12.2 Å². The Morgan fingerprint density at radius 1 is 1.20 bits per heavy atom. The number of carbonyl (C=O) groups is 1. The fourth-order valence-corrected chi connectivity index (χ4v) is 3.92. The van der Waals surface area contributed by atoms with Crippen LogP contribution in [0, 0.1) is 24.0 Å². The van der Waals surface area contributed by atoms with Gasteiger partial charge in [0.25, 0.3) is 11.6 Å². The number of amides is 1. The highest BCUT2D eigenvalue weighted by Crippen LogP contribution is 2.38. The molecule has 1 amide bonds. The minimum atomic E-state index is -0.462. The van der Waals surface area contributed by atoms with E-state index in [0.29, 0.717) is 14.8 Å². The Kier molecular flexibility index (Phi) is 4.69. The second kappa shape index (κ2) is 6.78. The summed E-state index contributed by atoms with van der Waals surface area (Å²) in [6, 6.07) is 12.1. The topological polar surface area (TPSA) is 63.5 Å². The van der Waals surface area contributed by atoms with Crippen LogP contribution in [0.4, 0.5) is 11.4 Å². The molecule has 1 heterocycles. The predicted molar refractivity (Wildman–Crippen MR) is 105 cm³/mol. The highest BCUT2D eigenvalue weighted by molar-refractivity contribution is 8.27. The van der Waals surface area contributed by atoms with Gasteiger partial charge in [-0.05, 0) is 37.6 Å². The summed E-state index contributed by atoms with van der Waals surface area (Å²) < 4.78 is 0.418. The van der Waals surface area contributed by atoms with E-state index in [1.165, 1.54) is 17.0 Å². The highest BCUT2D eigenvalue weighted by atomic mass is 32.2. The number of aryl methyl sites for hydroxylation is 2. The quantitative estimate of drug-likeness (QED) is 0.341. The zero-order valence-corrected chi connectivity index (χ0v) is 15.2. The molecule has 0 aromatic heterocycles. The molecule has 0 bridgehead atoms. The monoisotopic (exact) mass is 370 g/mol. The Bertz CT molecular complexity index is 938. The average Bonchev–Trinajstić information content (AvgIpc) is 2.82. The van der Waals surface area contributed by atoms with Crippen molar-refractivity contribution in [1.29, 1.82) is 0 Å². The van der Waals surface area contributed by atoms with Gasteiger partial charge in [0.2, 0.25) is 0 Å². The molecule has 0 saturated carbocycles. The first-order valence-corrected chi connectivity index (χ1v) is 8.69.